The Kier molecular flexibility index (Phi) is 7.04. The van der Waals surface area contributed by atoms with Crippen molar-refractivity contribution in [3.8, 4) is 0 Å². The van der Waals surface area contributed by atoms with Crippen LogP contribution in [-0.4, -0.2) is 50.5 Å². The van der Waals surface area contributed by atoms with Gasteiger partial charge in [0.1, 0.15) is 5.78 Å². The van der Waals surface area contributed by atoms with Gasteiger partial charge in [0, 0.05) is 13.0 Å². The first kappa shape index (κ1) is 17.0. The molecule has 0 saturated heterocycles. The molecular weight excluding hydrogens is 263 g/mol. The molecule has 0 bridgehead atoms. The molecule has 0 spiro atoms. The van der Waals surface area contributed by atoms with Crippen molar-refractivity contribution in [2.45, 2.75) is 25.3 Å². The lowest BCUT2D eigenvalue weighted by Crippen LogP contribution is -2.36. The summed E-state index contributed by atoms with van der Waals surface area (Å²) in [6.07, 6.45) is -0.219. The number of guanidine groups is 1. The Balaban J connectivity index is 3.88. The molecule has 0 aromatic carbocycles. The number of nitrogens with one attached hydrogen (secondary N) is 1. The Morgan fingerprint density at radius 1 is 1.44 bits per heavy atom. The first-order valence-corrected chi connectivity index (χ1v) is 7.06. The monoisotopic (exact) mass is 282 g/mol. The van der Waals surface area contributed by atoms with E-state index in [1.807, 2.05) is 0 Å². The van der Waals surface area contributed by atoms with Crippen LogP contribution in [0.15, 0.2) is 0 Å². The van der Waals surface area contributed by atoms with Gasteiger partial charge in [-0.25, -0.2) is 5.06 Å². The summed E-state index contributed by atoms with van der Waals surface area (Å²) in [5.74, 6) is -0.943. The lowest BCUT2D eigenvalue weighted by atomic mass is 10.1. The highest BCUT2D eigenvalue weighted by Crippen LogP contribution is 2.34. The van der Waals surface area contributed by atoms with E-state index in [1.54, 1.807) is 0 Å². The van der Waals surface area contributed by atoms with Crippen LogP contribution in [-0.2, 0) is 9.36 Å². The summed E-state index contributed by atoms with van der Waals surface area (Å²) in [7, 11) is -4.18. The molecule has 0 radical (unpaired) electrons. The fraction of sp³-hybridized carbons (Fsp3) is 0.750. The molecule has 0 aliphatic heterocycles. The van der Waals surface area contributed by atoms with Gasteiger partial charge in [0.15, 0.2) is 0 Å². The van der Waals surface area contributed by atoms with Crippen molar-refractivity contribution in [1.29, 1.82) is 5.41 Å². The molecule has 0 aromatic heterocycles. The molecule has 9 nitrogen and oxygen atoms in total. The Morgan fingerprint density at radius 2 is 2.00 bits per heavy atom. The number of Topliss-reactive ketones (excluding diaryl/α,β-unsaturated/α-hetero) is 1. The minimum absolute atomic E-state index is 0.0643. The normalized spacial score (nSPS) is 13.1. The fourth-order valence-corrected chi connectivity index (χ4v) is 1.70. The summed E-state index contributed by atoms with van der Waals surface area (Å²) < 4.78 is 10.6. The lowest BCUT2D eigenvalue weighted by molar-refractivity contribution is -0.120. The third-order valence-corrected chi connectivity index (χ3v) is 3.03. The lowest BCUT2D eigenvalue weighted by Gasteiger charge is -2.15. The number of ketones is 1. The minimum Gasteiger partial charge on any atom is -0.368 e. The molecule has 18 heavy (non-hydrogen) atoms. The smallest absolute Gasteiger partial charge is 0.326 e. The van der Waals surface area contributed by atoms with Crippen LogP contribution in [0.5, 0.6) is 0 Å². The van der Waals surface area contributed by atoms with E-state index in [2.05, 4.69) is 0 Å². The highest BCUT2D eigenvalue weighted by atomic mass is 31.2. The van der Waals surface area contributed by atoms with E-state index in [0.717, 1.165) is 0 Å². The molecule has 106 valence electrons. The van der Waals surface area contributed by atoms with E-state index < -0.39 is 31.5 Å². The molecule has 1 atom stereocenters. The second kappa shape index (κ2) is 7.45. The maximum Gasteiger partial charge on any atom is 0.326 e. The van der Waals surface area contributed by atoms with Crippen LogP contribution < -0.4 is 11.5 Å². The number of nitrogens with zero attached hydrogens (tertiary/aromatic N) is 1. The van der Waals surface area contributed by atoms with Gasteiger partial charge in [-0.2, -0.15) is 0 Å². The summed E-state index contributed by atoms with van der Waals surface area (Å²) >= 11 is 0. The van der Waals surface area contributed by atoms with Crippen molar-refractivity contribution < 1.29 is 24.4 Å². The fourth-order valence-electron chi connectivity index (χ4n) is 1.18. The molecule has 0 aromatic rings. The zero-order valence-corrected chi connectivity index (χ0v) is 10.7. The largest absolute Gasteiger partial charge is 0.368 e. The Hall–Kier alpha value is -0.990. The van der Waals surface area contributed by atoms with Crippen LogP contribution in [0.1, 0.15) is 19.3 Å². The van der Waals surface area contributed by atoms with E-state index in [1.165, 1.54) is 0 Å². The summed E-state index contributed by atoms with van der Waals surface area (Å²) in [5.41, 5.74) is 10.5. The van der Waals surface area contributed by atoms with Crippen molar-refractivity contribution in [2.75, 3.05) is 12.7 Å². The second-order valence-electron chi connectivity index (χ2n) is 3.86. The quantitative estimate of drug-likeness (QED) is 0.139. The molecule has 1 unspecified atom stereocenters. The predicted molar refractivity (Wildman–Crippen MR) is 64.2 cm³/mol. The van der Waals surface area contributed by atoms with Crippen LogP contribution in [0.2, 0.25) is 0 Å². The van der Waals surface area contributed by atoms with Crippen LogP contribution >= 0.6 is 7.60 Å². The average Bonchev–Trinajstić information content (AvgIpc) is 2.24. The van der Waals surface area contributed by atoms with Gasteiger partial charge in [0.25, 0.3) is 0 Å². The summed E-state index contributed by atoms with van der Waals surface area (Å²) in [6.45, 7) is 0.0643. The van der Waals surface area contributed by atoms with E-state index in [4.69, 9.17) is 31.9 Å². The van der Waals surface area contributed by atoms with Crippen molar-refractivity contribution >= 4 is 19.3 Å². The third-order valence-electron chi connectivity index (χ3n) is 2.23. The Morgan fingerprint density at radius 3 is 2.44 bits per heavy atom. The highest BCUT2D eigenvalue weighted by Gasteiger charge is 2.19. The molecule has 0 fully saturated rings. The number of carbonyl (C=O) groups excluding carboxylic acids is 1. The number of carbonyl (C=O) groups is 1. The number of nitrogens with two attached hydrogens (primary N) is 2. The molecule has 0 saturated carbocycles. The number of hydrogen-bond donors (Lipinski definition) is 6. The zero-order chi connectivity index (χ0) is 14.3. The molecule has 0 aliphatic rings. The maximum absolute atomic E-state index is 11.4. The molecule has 0 heterocycles. The number of rotatable bonds is 8. The van der Waals surface area contributed by atoms with E-state index in [-0.39, 0.29) is 19.4 Å². The summed E-state index contributed by atoms with van der Waals surface area (Å²) in [4.78, 5) is 28.6. The van der Waals surface area contributed by atoms with Crippen LogP contribution in [0.25, 0.3) is 0 Å². The first-order chi connectivity index (χ1) is 8.13. The SMILES string of the molecule is N=C(N)N(O)CCCC(N)C(=O)CCP(=O)(O)O. The van der Waals surface area contributed by atoms with Crippen molar-refractivity contribution in [2.24, 2.45) is 11.5 Å². The maximum atomic E-state index is 11.4. The molecule has 0 aliphatic carbocycles. The third kappa shape index (κ3) is 8.15. The van der Waals surface area contributed by atoms with Crippen LogP contribution in [0, 0.1) is 5.41 Å². The number of hydroxylamine groups is 2. The van der Waals surface area contributed by atoms with Gasteiger partial charge in [-0.3, -0.25) is 20.0 Å². The minimum atomic E-state index is -4.18. The van der Waals surface area contributed by atoms with Gasteiger partial charge in [-0.1, -0.05) is 0 Å². The molecule has 8 N–H and O–H groups in total. The van der Waals surface area contributed by atoms with Crippen molar-refractivity contribution in [3.05, 3.63) is 0 Å². The predicted octanol–water partition coefficient (Wildman–Crippen LogP) is -1.18. The van der Waals surface area contributed by atoms with Gasteiger partial charge in [0.05, 0.1) is 12.2 Å². The zero-order valence-electron chi connectivity index (χ0n) is 9.82. The molecule has 0 rings (SSSR count). The Labute approximate surface area is 104 Å². The average molecular weight is 282 g/mol. The summed E-state index contributed by atoms with van der Waals surface area (Å²) in [6, 6.07) is -0.836. The summed E-state index contributed by atoms with van der Waals surface area (Å²) in [5, 5.41) is 16.4. The standard InChI is InChI=1S/C8H19N4O5P/c9-6(2-1-4-12(14)8(10)11)7(13)3-5-18(15,16)17/h6,14H,1-5,9H2,(H3,10,11)(H2,15,16,17). The van der Waals surface area contributed by atoms with E-state index >= 15 is 0 Å². The van der Waals surface area contributed by atoms with Gasteiger partial charge in [-0.05, 0) is 12.8 Å². The van der Waals surface area contributed by atoms with Gasteiger partial charge in [0.2, 0.25) is 5.96 Å². The molecule has 0 amide bonds. The topological polar surface area (TPSA) is 174 Å². The van der Waals surface area contributed by atoms with Crippen LogP contribution in [0.4, 0.5) is 0 Å². The second-order valence-corrected chi connectivity index (χ2v) is 5.64. The number of hydrogen-bond acceptors (Lipinski definition) is 5. The van der Waals surface area contributed by atoms with Gasteiger partial charge < -0.3 is 21.3 Å². The van der Waals surface area contributed by atoms with Crippen LogP contribution in [0.3, 0.4) is 0 Å². The van der Waals surface area contributed by atoms with Crippen molar-refractivity contribution in [1.82, 2.24) is 5.06 Å². The molecule has 10 heteroatoms. The highest BCUT2D eigenvalue weighted by molar-refractivity contribution is 7.51. The van der Waals surface area contributed by atoms with E-state index in [0.29, 0.717) is 11.5 Å². The molecular formula is C8H19N4O5P. The van der Waals surface area contributed by atoms with Crippen molar-refractivity contribution in [3.63, 3.8) is 0 Å². The van der Waals surface area contributed by atoms with Gasteiger partial charge >= 0.3 is 7.60 Å². The Bertz CT molecular complexity index is 344. The van der Waals surface area contributed by atoms with E-state index in [9.17, 15) is 9.36 Å². The first-order valence-electron chi connectivity index (χ1n) is 5.27. The van der Waals surface area contributed by atoms with Gasteiger partial charge in [-0.15, -0.1) is 0 Å².